The molecule has 0 radical (unpaired) electrons. The third-order valence-electron chi connectivity index (χ3n) is 2.90. The van der Waals surface area contributed by atoms with Crippen molar-refractivity contribution in [3.8, 4) is 0 Å². The van der Waals surface area contributed by atoms with Crippen LogP contribution in [0.1, 0.15) is 19.4 Å². The fourth-order valence-corrected chi connectivity index (χ4v) is 2.08. The average Bonchev–Trinajstić information content (AvgIpc) is 2.22. The highest BCUT2D eigenvalue weighted by atomic mass is 79.9. The minimum absolute atomic E-state index is 0.314. The Morgan fingerprint density at radius 3 is 2.56 bits per heavy atom. The maximum absolute atomic E-state index is 13.3. The first-order valence-electron chi connectivity index (χ1n) is 5.48. The van der Waals surface area contributed by atoms with Gasteiger partial charge in [-0.05, 0) is 41.4 Å². The number of sulfone groups is 1. The molecular weight excluding hydrogens is 321 g/mol. The third-order valence-corrected chi connectivity index (χ3v) is 5.94. The Morgan fingerprint density at radius 2 is 2.00 bits per heavy atom. The molecule has 18 heavy (non-hydrogen) atoms. The van der Waals surface area contributed by atoms with E-state index < -0.39 is 14.6 Å². The van der Waals surface area contributed by atoms with Gasteiger partial charge in [0.05, 0.1) is 9.22 Å². The van der Waals surface area contributed by atoms with Crippen LogP contribution in [0, 0.1) is 5.82 Å². The second-order valence-electron chi connectivity index (χ2n) is 4.85. The van der Waals surface area contributed by atoms with E-state index >= 15 is 0 Å². The van der Waals surface area contributed by atoms with Crippen LogP contribution in [-0.2, 0) is 16.4 Å². The van der Waals surface area contributed by atoms with Gasteiger partial charge in [-0.15, -0.1) is 0 Å². The van der Waals surface area contributed by atoms with Crippen LogP contribution in [0.2, 0.25) is 0 Å². The summed E-state index contributed by atoms with van der Waals surface area (Å²) in [6.07, 6.45) is 1.22. The molecule has 0 aliphatic rings. The van der Waals surface area contributed by atoms with E-state index in [0.717, 1.165) is 5.56 Å². The summed E-state index contributed by atoms with van der Waals surface area (Å²) in [7, 11) is -3.12. The van der Waals surface area contributed by atoms with E-state index in [2.05, 4.69) is 21.2 Å². The van der Waals surface area contributed by atoms with E-state index in [-0.39, 0.29) is 5.82 Å². The van der Waals surface area contributed by atoms with E-state index in [4.69, 9.17) is 0 Å². The van der Waals surface area contributed by atoms with Crippen LogP contribution in [0.15, 0.2) is 22.7 Å². The van der Waals surface area contributed by atoms with Crippen molar-refractivity contribution >= 4 is 25.8 Å². The highest BCUT2D eigenvalue weighted by molar-refractivity contribution is 9.10. The Bertz CT molecular complexity index is 529. The summed E-state index contributed by atoms with van der Waals surface area (Å²) in [6, 6.07) is 4.78. The molecule has 0 bridgehead atoms. The van der Waals surface area contributed by atoms with E-state index in [1.807, 2.05) is 0 Å². The van der Waals surface area contributed by atoms with Gasteiger partial charge in [-0.2, -0.15) is 0 Å². The molecule has 0 spiro atoms. The van der Waals surface area contributed by atoms with Gasteiger partial charge in [-0.1, -0.05) is 12.1 Å². The maximum atomic E-state index is 13.3. The molecular formula is C12H17BrFNO2S. The first-order valence-corrected chi connectivity index (χ1v) is 8.17. The molecule has 3 nitrogen and oxygen atoms in total. The topological polar surface area (TPSA) is 46.2 Å². The predicted octanol–water partition coefficient (Wildman–Crippen LogP) is 2.50. The Kier molecular flexibility index (Phi) is 4.91. The quantitative estimate of drug-likeness (QED) is 0.897. The lowest BCUT2D eigenvalue weighted by atomic mass is 10.2. The molecule has 0 unspecified atom stereocenters. The number of benzene rings is 1. The smallest absolute Gasteiger partial charge is 0.153 e. The Hall–Kier alpha value is -0.460. The summed E-state index contributed by atoms with van der Waals surface area (Å²) in [5, 5.41) is 3.04. The molecule has 0 atom stereocenters. The van der Waals surface area contributed by atoms with Gasteiger partial charge in [0.25, 0.3) is 0 Å². The highest BCUT2D eigenvalue weighted by Crippen LogP contribution is 2.20. The predicted molar refractivity (Wildman–Crippen MR) is 74.7 cm³/mol. The standard InChI is InChI=1S/C12H17BrFNO2S/c1-12(2,18(3,16)17)8-15-7-9-5-4-6-10(14)11(9)13/h4-6,15H,7-8H2,1-3H3. The summed E-state index contributed by atoms with van der Waals surface area (Å²) in [5.41, 5.74) is 0.763. The van der Waals surface area contributed by atoms with Crippen LogP contribution < -0.4 is 5.32 Å². The first-order chi connectivity index (χ1) is 8.15. The lowest BCUT2D eigenvalue weighted by molar-refractivity contribution is 0.520. The van der Waals surface area contributed by atoms with E-state index in [1.54, 1.807) is 26.0 Å². The molecule has 0 amide bonds. The SMILES string of the molecule is CC(C)(CNCc1cccc(F)c1Br)S(C)(=O)=O. The van der Waals surface area contributed by atoms with Crippen molar-refractivity contribution in [2.24, 2.45) is 0 Å². The molecule has 0 aliphatic heterocycles. The zero-order valence-corrected chi connectivity index (χ0v) is 13.0. The molecule has 1 aromatic rings. The minimum Gasteiger partial charge on any atom is -0.311 e. The van der Waals surface area contributed by atoms with Crippen molar-refractivity contribution in [2.75, 3.05) is 12.8 Å². The largest absolute Gasteiger partial charge is 0.311 e. The van der Waals surface area contributed by atoms with Gasteiger partial charge in [-0.3, -0.25) is 0 Å². The van der Waals surface area contributed by atoms with Crippen LogP contribution in [0.4, 0.5) is 4.39 Å². The summed E-state index contributed by atoms with van der Waals surface area (Å²) < 4.78 is 35.8. The van der Waals surface area contributed by atoms with E-state index in [9.17, 15) is 12.8 Å². The molecule has 0 saturated carbocycles. The third kappa shape index (κ3) is 3.76. The summed E-state index contributed by atoms with van der Waals surface area (Å²) in [6.45, 7) is 4.05. The number of rotatable bonds is 5. The van der Waals surface area contributed by atoms with Crippen LogP contribution in [0.5, 0.6) is 0 Å². The zero-order valence-electron chi connectivity index (χ0n) is 10.6. The number of hydrogen-bond donors (Lipinski definition) is 1. The van der Waals surface area contributed by atoms with Gasteiger partial charge in [0.1, 0.15) is 5.82 Å². The molecule has 0 aliphatic carbocycles. The van der Waals surface area contributed by atoms with Gasteiger partial charge >= 0.3 is 0 Å². The van der Waals surface area contributed by atoms with Gasteiger partial charge < -0.3 is 5.32 Å². The lowest BCUT2D eigenvalue weighted by Crippen LogP contribution is -2.41. The van der Waals surface area contributed by atoms with E-state index in [1.165, 1.54) is 12.3 Å². The van der Waals surface area contributed by atoms with Crippen LogP contribution in [-0.4, -0.2) is 26.0 Å². The summed E-state index contributed by atoms with van der Waals surface area (Å²) in [4.78, 5) is 0. The molecule has 6 heteroatoms. The van der Waals surface area contributed by atoms with Crippen molar-refractivity contribution in [2.45, 2.75) is 25.1 Å². The fourth-order valence-electron chi connectivity index (χ4n) is 1.31. The molecule has 1 rings (SSSR count). The second-order valence-corrected chi connectivity index (χ2v) is 8.29. The summed E-state index contributed by atoms with van der Waals surface area (Å²) in [5.74, 6) is -0.323. The number of hydrogen-bond acceptors (Lipinski definition) is 3. The van der Waals surface area contributed by atoms with Crippen molar-refractivity contribution < 1.29 is 12.8 Å². The summed E-state index contributed by atoms with van der Waals surface area (Å²) >= 11 is 3.17. The van der Waals surface area contributed by atoms with Crippen LogP contribution in [0.3, 0.4) is 0 Å². The zero-order chi connectivity index (χ0) is 14.0. The molecule has 0 fully saturated rings. The minimum atomic E-state index is -3.12. The molecule has 1 aromatic carbocycles. The molecule has 102 valence electrons. The van der Waals surface area contributed by atoms with E-state index in [0.29, 0.717) is 17.6 Å². The van der Waals surface area contributed by atoms with Gasteiger partial charge in [-0.25, -0.2) is 12.8 Å². The monoisotopic (exact) mass is 337 g/mol. The second kappa shape index (κ2) is 5.67. The highest BCUT2D eigenvalue weighted by Gasteiger charge is 2.29. The van der Waals surface area contributed by atoms with Gasteiger partial charge in [0, 0.05) is 19.3 Å². The maximum Gasteiger partial charge on any atom is 0.153 e. The lowest BCUT2D eigenvalue weighted by Gasteiger charge is -2.23. The van der Waals surface area contributed by atoms with Crippen molar-refractivity contribution in [1.82, 2.24) is 5.32 Å². The normalized spacial score (nSPS) is 12.7. The van der Waals surface area contributed by atoms with Crippen LogP contribution >= 0.6 is 15.9 Å². The van der Waals surface area contributed by atoms with Gasteiger partial charge in [0.2, 0.25) is 0 Å². The first kappa shape index (κ1) is 15.6. The Labute approximate surface area is 116 Å². The molecule has 0 saturated heterocycles. The van der Waals surface area contributed by atoms with Crippen molar-refractivity contribution in [1.29, 1.82) is 0 Å². The van der Waals surface area contributed by atoms with Crippen molar-refractivity contribution in [3.05, 3.63) is 34.1 Å². The molecule has 0 heterocycles. The number of nitrogens with one attached hydrogen (secondary N) is 1. The average molecular weight is 338 g/mol. The van der Waals surface area contributed by atoms with Gasteiger partial charge in [0.15, 0.2) is 9.84 Å². The Balaban J connectivity index is 2.66. The molecule has 1 N–H and O–H groups in total. The van der Waals surface area contributed by atoms with Crippen molar-refractivity contribution in [3.63, 3.8) is 0 Å². The fraction of sp³-hybridized carbons (Fsp3) is 0.500. The molecule has 0 aromatic heterocycles. The van der Waals surface area contributed by atoms with Crippen LogP contribution in [0.25, 0.3) is 0 Å². The number of halogens is 2. The Morgan fingerprint density at radius 1 is 1.39 bits per heavy atom.